The average Bonchev–Trinajstić information content (AvgIpc) is 3.01. The van der Waals surface area contributed by atoms with Gasteiger partial charge in [-0.05, 0) is 48.2 Å². The minimum Gasteiger partial charge on any atom is -0.310 e. The molecule has 0 radical (unpaired) electrons. The molecule has 0 spiro atoms. The summed E-state index contributed by atoms with van der Waals surface area (Å²) in [5, 5.41) is 3.43. The third kappa shape index (κ3) is 3.62. The Bertz CT molecular complexity index is 599. The molecule has 5 heteroatoms. The third-order valence-corrected chi connectivity index (χ3v) is 3.92. The highest BCUT2D eigenvalue weighted by molar-refractivity contribution is 5.85. The molecule has 1 aliphatic rings. The van der Waals surface area contributed by atoms with Crippen molar-refractivity contribution >= 4 is 12.4 Å². The molecule has 0 unspecified atom stereocenters. The van der Waals surface area contributed by atoms with Gasteiger partial charge in [0.05, 0.1) is 5.56 Å². The highest BCUT2D eigenvalue weighted by atomic mass is 35.5. The summed E-state index contributed by atoms with van der Waals surface area (Å²) in [6.07, 6.45) is -1.96. The molecule has 3 rings (SSSR count). The SMILES string of the molecule is Cl.FC(F)(F)c1ccc(-c2ccc([C@H]3CCCN3)cc2)cc1. The second-order valence-electron chi connectivity index (χ2n) is 5.35. The van der Waals surface area contributed by atoms with Gasteiger partial charge in [-0.3, -0.25) is 0 Å². The zero-order valence-electron chi connectivity index (χ0n) is 11.9. The third-order valence-electron chi connectivity index (χ3n) is 3.92. The van der Waals surface area contributed by atoms with E-state index in [4.69, 9.17) is 0 Å². The quantitative estimate of drug-likeness (QED) is 0.797. The number of rotatable bonds is 2. The Hall–Kier alpha value is -1.52. The van der Waals surface area contributed by atoms with E-state index in [0.29, 0.717) is 6.04 Å². The number of nitrogens with one attached hydrogen (secondary N) is 1. The maximum atomic E-state index is 12.5. The minimum atomic E-state index is -4.28. The van der Waals surface area contributed by atoms with Crippen molar-refractivity contribution in [3.8, 4) is 11.1 Å². The van der Waals surface area contributed by atoms with Crippen LogP contribution in [-0.4, -0.2) is 6.54 Å². The van der Waals surface area contributed by atoms with Gasteiger partial charge in [0.25, 0.3) is 0 Å². The van der Waals surface area contributed by atoms with Crippen LogP contribution in [0.1, 0.15) is 30.0 Å². The standard InChI is InChI=1S/C17H16F3N.ClH/c18-17(19,20)15-9-7-13(8-10-15)12-3-5-14(6-4-12)16-2-1-11-21-16;/h3-10,16,21H,1-2,11H2;1H/t16-;/m1./s1. The molecule has 1 atom stereocenters. The normalized spacial score (nSPS) is 18.0. The average molecular weight is 328 g/mol. The smallest absolute Gasteiger partial charge is 0.310 e. The topological polar surface area (TPSA) is 12.0 Å². The maximum Gasteiger partial charge on any atom is 0.416 e. The van der Waals surface area contributed by atoms with Gasteiger partial charge in [-0.2, -0.15) is 13.2 Å². The molecule has 2 aromatic rings. The van der Waals surface area contributed by atoms with E-state index in [1.807, 2.05) is 12.1 Å². The van der Waals surface area contributed by atoms with Gasteiger partial charge in [-0.1, -0.05) is 36.4 Å². The zero-order chi connectivity index (χ0) is 14.9. The highest BCUT2D eigenvalue weighted by Gasteiger charge is 2.29. The number of alkyl halides is 3. The van der Waals surface area contributed by atoms with Crippen molar-refractivity contribution in [2.24, 2.45) is 0 Å². The fraction of sp³-hybridized carbons (Fsp3) is 0.294. The van der Waals surface area contributed by atoms with Crippen molar-refractivity contribution in [2.75, 3.05) is 6.54 Å². The molecule has 0 aliphatic carbocycles. The summed E-state index contributed by atoms with van der Waals surface area (Å²) in [5.41, 5.74) is 2.36. The maximum absolute atomic E-state index is 12.5. The van der Waals surface area contributed by atoms with Crippen LogP contribution in [0.5, 0.6) is 0 Å². The van der Waals surface area contributed by atoms with Gasteiger partial charge in [-0.25, -0.2) is 0 Å². The summed E-state index contributed by atoms with van der Waals surface area (Å²) in [6.45, 7) is 1.05. The first-order valence-corrected chi connectivity index (χ1v) is 7.05. The summed E-state index contributed by atoms with van der Waals surface area (Å²) in [5.74, 6) is 0. The summed E-state index contributed by atoms with van der Waals surface area (Å²) in [4.78, 5) is 0. The van der Waals surface area contributed by atoms with Gasteiger partial charge < -0.3 is 5.32 Å². The Morgan fingerprint density at radius 2 is 1.41 bits per heavy atom. The monoisotopic (exact) mass is 327 g/mol. The van der Waals surface area contributed by atoms with Crippen LogP contribution in [0.4, 0.5) is 13.2 Å². The second kappa shape index (κ2) is 6.71. The molecule has 1 aliphatic heterocycles. The van der Waals surface area contributed by atoms with E-state index in [9.17, 15) is 13.2 Å². The van der Waals surface area contributed by atoms with Gasteiger partial charge in [0, 0.05) is 6.04 Å². The van der Waals surface area contributed by atoms with Gasteiger partial charge >= 0.3 is 6.18 Å². The van der Waals surface area contributed by atoms with E-state index >= 15 is 0 Å². The number of halogens is 4. The lowest BCUT2D eigenvalue weighted by molar-refractivity contribution is -0.137. The lowest BCUT2D eigenvalue weighted by Crippen LogP contribution is -2.12. The molecular formula is C17H17ClF3N. The molecule has 22 heavy (non-hydrogen) atoms. The van der Waals surface area contributed by atoms with Crippen LogP contribution in [0.3, 0.4) is 0 Å². The minimum absolute atomic E-state index is 0. The van der Waals surface area contributed by atoms with Gasteiger partial charge in [0.2, 0.25) is 0 Å². The Labute approximate surface area is 134 Å². The van der Waals surface area contributed by atoms with Gasteiger partial charge in [0.15, 0.2) is 0 Å². The van der Waals surface area contributed by atoms with Crippen LogP contribution < -0.4 is 5.32 Å². The molecule has 0 bridgehead atoms. The van der Waals surface area contributed by atoms with E-state index in [-0.39, 0.29) is 12.4 Å². The van der Waals surface area contributed by atoms with Crippen molar-refractivity contribution in [2.45, 2.75) is 25.1 Å². The number of benzene rings is 2. The Balaban J connectivity index is 0.00000176. The zero-order valence-corrected chi connectivity index (χ0v) is 12.7. The predicted octanol–water partition coefficient (Wildman–Crippen LogP) is 5.22. The molecule has 1 saturated heterocycles. The summed E-state index contributed by atoms with van der Waals surface area (Å²) in [6, 6.07) is 13.7. The molecule has 1 N–H and O–H groups in total. The largest absolute Gasteiger partial charge is 0.416 e. The van der Waals surface area contributed by atoms with E-state index in [0.717, 1.165) is 36.2 Å². The van der Waals surface area contributed by atoms with Crippen molar-refractivity contribution in [3.63, 3.8) is 0 Å². The molecule has 1 nitrogen and oxygen atoms in total. The lowest BCUT2D eigenvalue weighted by atomic mass is 9.99. The first-order valence-electron chi connectivity index (χ1n) is 7.05. The first-order chi connectivity index (χ1) is 10.0. The van der Waals surface area contributed by atoms with Crippen molar-refractivity contribution in [1.29, 1.82) is 0 Å². The second-order valence-corrected chi connectivity index (χ2v) is 5.35. The first kappa shape index (κ1) is 16.8. The van der Waals surface area contributed by atoms with Crippen molar-refractivity contribution in [1.82, 2.24) is 5.32 Å². The fourth-order valence-electron chi connectivity index (χ4n) is 2.73. The fourth-order valence-corrected chi connectivity index (χ4v) is 2.73. The Kier molecular flexibility index (Phi) is 5.14. The van der Waals surface area contributed by atoms with Crippen molar-refractivity contribution < 1.29 is 13.2 Å². The lowest BCUT2D eigenvalue weighted by Gasteiger charge is -2.12. The molecule has 1 fully saturated rings. The van der Waals surface area contributed by atoms with Crippen LogP contribution >= 0.6 is 12.4 Å². The van der Waals surface area contributed by atoms with Gasteiger partial charge in [-0.15, -0.1) is 12.4 Å². The van der Waals surface area contributed by atoms with E-state index < -0.39 is 11.7 Å². The van der Waals surface area contributed by atoms with Crippen LogP contribution in [0, 0.1) is 0 Å². The van der Waals surface area contributed by atoms with Crippen LogP contribution in [0.15, 0.2) is 48.5 Å². The van der Waals surface area contributed by atoms with E-state index in [1.54, 1.807) is 0 Å². The van der Waals surface area contributed by atoms with E-state index in [2.05, 4.69) is 17.4 Å². The molecule has 0 saturated carbocycles. The van der Waals surface area contributed by atoms with Crippen molar-refractivity contribution in [3.05, 3.63) is 59.7 Å². The summed E-state index contributed by atoms with van der Waals surface area (Å²) >= 11 is 0. The van der Waals surface area contributed by atoms with Gasteiger partial charge in [0.1, 0.15) is 0 Å². The number of hydrogen-bond acceptors (Lipinski definition) is 1. The Morgan fingerprint density at radius 3 is 1.86 bits per heavy atom. The molecule has 2 aromatic carbocycles. The molecular weight excluding hydrogens is 311 g/mol. The summed E-state index contributed by atoms with van der Waals surface area (Å²) in [7, 11) is 0. The van der Waals surface area contributed by atoms with Crippen LogP contribution in [0.25, 0.3) is 11.1 Å². The number of hydrogen-bond donors (Lipinski definition) is 1. The van der Waals surface area contributed by atoms with Crippen LogP contribution in [0.2, 0.25) is 0 Å². The molecule has 0 amide bonds. The molecule has 118 valence electrons. The Morgan fingerprint density at radius 1 is 0.864 bits per heavy atom. The predicted molar refractivity (Wildman–Crippen MR) is 84.1 cm³/mol. The highest BCUT2D eigenvalue weighted by Crippen LogP contribution is 2.31. The summed E-state index contributed by atoms with van der Waals surface area (Å²) < 4.78 is 37.6. The molecule has 1 heterocycles. The molecule has 0 aromatic heterocycles. The van der Waals surface area contributed by atoms with E-state index in [1.165, 1.54) is 24.1 Å². The van der Waals surface area contributed by atoms with Crippen LogP contribution in [-0.2, 0) is 6.18 Å².